The zero-order valence-corrected chi connectivity index (χ0v) is 12.1. The van der Waals surface area contributed by atoms with Crippen molar-refractivity contribution in [1.29, 1.82) is 0 Å². The molecule has 1 saturated heterocycles. The normalized spacial score (nSPS) is 14.0. The molecule has 114 valence electrons. The van der Waals surface area contributed by atoms with E-state index in [2.05, 4.69) is 15.1 Å². The van der Waals surface area contributed by atoms with Gasteiger partial charge in [0.1, 0.15) is 0 Å². The number of esters is 1. The third-order valence-electron chi connectivity index (χ3n) is 3.26. The zero-order valence-electron chi connectivity index (χ0n) is 12.1. The largest absolute Gasteiger partial charge is 0.464 e. The van der Waals surface area contributed by atoms with E-state index in [4.69, 9.17) is 4.84 Å². The molecule has 1 fully saturated rings. The van der Waals surface area contributed by atoms with Crippen molar-refractivity contribution < 1.29 is 19.2 Å². The van der Waals surface area contributed by atoms with Crippen LogP contribution >= 0.6 is 0 Å². The third kappa shape index (κ3) is 4.46. The molecule has 1 amide bonds. The van der Waals surface area contributed by atoms with Crippen molar-refractivity contribution in [2.75, 3.05) is 31.2 Å². The molecule has 0 saturated carbocycles. The molecule has 0 unspecified atom stereocenters. The second-order valence-electron chi connectivity index (χ2n) is 4.77. The van der Waals surface area contributed by atoms with Gasteiger partial charge in [-0.25, -0.2) is 10.3 Å². The monoisotopic (exact) mass is 292 g/mol. The second kappa shape index (κ2) is 7.64. The van der Waals surface area contributed by atoms with Gasteiger partial charge in [-0.15, -0.1) is 0 Å². The number of carbonyl (C=O) groups excluding carboxylic acids is 2. The topological polar surface area (TPSA) is 67.9 Å². The van der Waals surface area contributed by atoms with Crippen molar-refractivity contribution in [3.63, 3.8) is 0 Å². The number of carbonyl (C=O) groups is 2. The average Bonchev–Trinajstić information content (AvgIpc) is 3.02. The lowest BCUT2D eigenvalue weighted by atomic mass is 10.2. The number of anilines is 1. The SMILES string of the molecule is CCOC(=O)CONC(=O)c1ccc(N2CCCC2)cc1. The smallest absolute Gasteiger partial charge is 0.334 e. The summed E-state index contributed by atoms with van der Waals surface area (Å²) in [6.07, 6.45) is 2.42. The van der Waals surface area contributed by atoms with Crippen molar-refractivity contribution in [2.45, 2.75) is 19.8 Å². The van der Waals surface area contributed by atoms with Crippen LogP contribution in [0, 0.1) is 0 Å². The van der Waals surface area contributed by atoms with Crippen molar-refractivity contribution in [3.8, 4) is 0 Å². The number of amides is 1. The zero-order chi connectivity index (χ0) is 15.1. The number of rotatable bonds is 6. The minimum Gasteiger partial charge on any atom is -0.464 e. The van der Waals surface area contributed by atoms with Gasteiger partial charge in [0.2, 0.25) is 0 Å². The van der Waals surface area contributed by atoms with Crippen LogP contribution in [0.1, 0.15) is 30.1 Å². The summed E-state index contributed by atoms with van der Waals surface area (Å²) in [5, 5.41) is 0. The fraction of sp³-hybridized carbons (Fsp3) is 0.467. The van der Waals surface area contributed by atoms with Crippen LogP contribution in [0.3, 0.4) is 0 Å². The molecule has 6 nitrogen and oxygen atoms in total. The number of hydroxylamine groups is 1. The lowest BCUT2D eigenvalue weighted by Gasteiger charge is -2.17. The van der Waals surface area contributed by atoms with Crippen LogP contribution in [0.5, 0.6) is 0 Å². The van der Waals surface area contributed by atoms with Gasteiger partial charge in [0.05, 0.1) is 6.61 Å². The van der Waals surface area contributed by atoms with Crippen molar-refractivity contribution in [1.82, 2.24) is 5.48 Å². The first kappa shape index (κ1) is 15.3. The van der Waals surface area contributed by atoms with E-state index in [1.165, 1.54) is 12.8 Å². The Hall–Kier alpha value is -2.08. The summed E-state index contributed by atoms with van der Waals surface area (Å²) < 4.78 is 4.68. The van der Waals surface area contributed by atoms with Crippen LogP contribution in [-0.2, 0) is 14.4 Å². The van der Waals surface area contributed by atoms with Gasteiger partial charge in [-0.1, -0.05) is 0 Å². The Morgan fingerprint density at radius 2 is 1.86 bits per heavy atom. The molecule has 0 aromatic heterocycles. The first-order chi connectivity index (χ1) is 10.2. The molecule has 2 rings (SSSR count). The van der Waals surface area contributed by atoms with E-state index in [9.17, 15) is 9.59 Å². The molecular weight excluding hydrogens is 272 g/mol. The van der Waals surface area contributed by atoms with Crippen LogP contribution in [0.25, 0.3) is 0 Å². The molecule has 1 aliphatic heterocycles. The predicted octanol–water partition coefficient (Wildman–Crippen LogP) is 1.51. The van der Waals surface area contributed by atoms with Gasteiger partial charge in [0.15, 0.2) is 6.61 Å². The highest BCUT2D eigenvalue weighted by Crippen LogP contribution is 2.20. The fourth-order valence-electron chi connectivity index (χ4n) is 2.22. The summed E-state index contributed by atoms with van der Waals surface area (Å²) in [5.41, 5.74) is 3.83. The van der Waals surface area contributed by atoms with E-state index in [-0.39, 0.29) is 19.1 Å². The number of nitrogens with zero attached hydrogens (tertiary/aromatic N) is 1. The molecule has 0 aliphatic carbocycles. The molecule has 0 radical (unpaired) electrons. The van der Waals surface area contributed by atoms with Crippen LogP contribution in [0.15, 0.2) is 24.3 Å². The Morgan fingerprint density at radius 1 is 1.19 bits per heavy atom. The molecule has 1 aliphatic rings. The van der Waals surface area contributed by atoms with Gasteiger partial charge < -0.3 is 9.64 Å². The summed E-state index contributed by atoms with van der Waals surface area (Å²) in [5.74, 6) is -0.894. The lowest BCUT2D eigenvalue weighted by Crippen LogP contribution is -2.27. The van der Waals surface area contributed by atoms with E-state index in [1.54, 1.807) is 19.1 Å². The van der Waals surface area contributed by atoms with E-state index in [0.29, 0.717) is 5.56 Å². The van der Waals surface area contributed by atoms with Crippen molar-refractivity contribution >= 4 is 17.6 Å². The molecule has 1 N–H and O–H groups in total. The van der Waals surface area contributed by atoms with Gasteiger partial charge in [0.25, 0.3) is 5.91 Å². The minimum absolute atomic E-state index is 0.286. The Kier molecular flexibility index (Phi) is 5.57. The Morgan fingerprint density at radius 3 is 2.48 bits per heavy atom. The second-order valence-corrected chi connectivity index (χ2v) is 4.77. The summed E-state index contributed by atoms with van der Waals surface area (Å²) in [7, 11) is 0. The van der Waals surface area contributed by atoms with E-state index >= 15 is 0 Å². The molecule has 1 heterocycles. The number of hydrogen-bond donors (Lipinski definition) is 1. The molecule has 1 aromatic carbocycles. The maximum atomic E-state index is 11.8. The lowest BCUT2D eigenvalue weighted by molar-refractivity contribution is -0.150. The van der Waals surface area contributed by atoms with Crippen molar-refractivity contribution in [3.05, 3.63) is 29.8 Å². The van der Waals surface area contributed by atoms with E-state index in [0.717, 1.165) is 18.8 Å². The molecule has 1 aromatic rings. The van der Waals surface area contributed by atoms with Gasteiger partial charge >= 0.3 is 5.97 Å². The Balaban J connectivity index is 1.81. The van der Waals surface area contributed by atoms with Crippen LogP contribution < -0.4 is 10.4 Å². The van der Waals surface area contributed by atoms with Gasteiger partial charge in [-0.05, 0) is 44.0 Å². The highest BCUT2D eigenvalue weighted by Gasteiger charge is 2.13. The van der Waals surface area contributed by atoms with Gasteiger partial charge in [-0.2, -0.15) is 0 Å². The van der Waals surface area contributed by atoms with Crippen LogP contribution in [-0.4, -0.2) is 38.2 Å². The first-order valence-electron chi connectivity index (χ1n) is 7.13. The van der Waals surface area contributed by atoms with Crippen molar-refractivity contribution in [2.24, 2.45) is 0 Å². The fourth-order valence-corrected chi connectivity index (χ4v) is 2.22. The molecule has 0 bridgehead atoms. The molecular formula is C15H20N2O4. The Bertz CT molecular complexity index is 481. The number of hydrogen-bond acceptors (Lipinski definition) is 5. The minimum atomic E-state index is -0.512. The van der Waals surface area contributed by atoms with Gasteiger partial charge in [0, 0.05) is 24.3 Å². The van der Waals surface area contributed by atoms with Crippen LogP contribution in [0.2, 0.25) is 0 Å². The summed E-state index contributed by atoms with van der Waals surface area (Å²) >= 11 is 0. The van der Waals surface area contributed by atoms with Gasteiger partial charge in [-0.3, -0.25) is 9.63 Å². The van der Waals surface area contributed by atoms with E-state index < -0.39 is 5.97 Å². The predicted molar refractivity (Wildman–Crippen MR) is 77.9 cm³/mol. The number of benzene rings is 1. The first-order valence-corrected chi connectivity index (χ1v) is 7.13. The quantitative estimate of drug-likeness (QED) is 0.636. The summed E-state index contributed by atoms with van der Waals surface area (Å²) in [6.45, 7) is 3.82. The highest BCUT2D eigenvalue weighted by molar-refractivity contribution is 5.93. The Labute approximate surface area is 124 Å². The summed E-state index contributed by atoms with van der Waals surface area (Å²) in [6, 6.07) is 7.34. The maximum Gasteiger partial charge on any atom is 0.334 e. The number of nitrogens with one attached hydrogen (secondary N) is 1. The van der Waals surface area contributed by atoms with Crippen LogP contribution in [0.4, 0.5) is 5.69 Å². The standard InChI is InChI=1S/C15H20N2O4/c1-2-20-14(18)11-21-16-15(19)12-5-7-13(8-6-12)17-9-3-4-10-17/h5-8H,2-4,9-11H2,1H3,(H,16,19). The molecule has 0 atom stereocenters. The molecule has 6 heteroatoms. The number of ether oxygens (including phenoxy) is 1. The van der Waals surface area contributed by atoms with E-state index in [1.807, 2.05) is 12.1 Å². The molecule has 21 heavy (non-hydrogen) atoms. The maximum absolute atomic E-state index is 11.8. The third-order valence-corrected chi connectivity index (χ3v) is 3.26. The average molecular weight is 292 g/mol. The highest BCUT2D eigenvalue weighted by atomic mass is 16.7. The molecule has 0 spiro atoms. The summed E-state index contributed by atoms with van der Waals surface area (Å²) in [4.78, 5) is 30.0.